The smallest absolute Gasteiger partial charge is 0.337 e. The van der Waals surface area contributed by atoms with Crippen LogP contribution in [0.1, 0.15) is 74.2 Å². The first kappa shape index (κ1) is 38.7. The zero-order chi connectivity index (χ0) is 40.8. The molecule has 0 atom stereocenters. The minimum atomic E-state index is -1.32. The Morgan fingerprint density at radius 3 is 1.75 bits per heavy atom. The molecule has 9 heteroatoms. The Kier molecular flexibility index (Phi) is 11.0. The van der Waals surface area contributed by atoms with E-state index in [1.165, 1.54) is 7.11 Å². The molecule has 0 fully saturated rings. The molecule has 0 aliphatic carbocycles. The summed E-state index contributed by atoms with van der Waals surface area (Å²) in [5, 5.41) is 18.6. The summed E-state index contributed by atoms with van der Waals surface area (Å²) in [6, 6.07) is 54.8. The summed E-state index contributed by atoms with van der Waals surface area (Å²) in [5.74, 6) is 0.357. The lowest BCUT2D eigenvalue weighted by Crippen LogP contribution is -2.48. The van der Waals surface area contributed by atoms with Crippen molar-refractivity contribution in [2.75, 3.05) is 7.11 Å². The van der Waals surface area contributed by atoms with Gasteiger partial charge in [0, 0.05) is 29.7 Å². The number of aromatic nitrogens is 2. The fourth-order valence-corrected chi connectivity index (χ4v) is 8.45. The lowest BCUT2D eigenvalue weighted by molar-refractivity contribution is 0.0600. The first-order valence-electron chi connectivity index (χ1n) is 19.9. The molecule has 9 nitrogen and oxygen atoms in total. The lowest BCUT2D eigenvalue weighted by atomic mass is 9.59. The van der Waals surface area contributed by atoms with Crippen molar-refractivity contribution in [2.24, 2.45) is 20.7 Å². The number of methoxy groups -OCH3 is 1. The third kappa shape index (κ3) is 7.09. The predicted molar refractivity (Wildman–Crippen MR) is 229 cm³/mol. The second kappa shape index (κ2) is 16.8. The van der Waals surface area contributed by atoms with E-state index >= 15 is 0 Å². The summed E-state index contributed by atoms with van der Waals surface area (Å²) in [5.41, 5.74) is 7.08. The van der Waals surface area contributed by atoms with Crippen molar-refractivity contribution in [3.8, 4) is 11.1 Å². The molecule has 0 spiro atoms. The molecule has 7 aromatic rings. The molecule has 8 rings (SSSR count). The standard InChI is InChI=1S/C50H44N6O3/c1-4-16-46-51-35(2)44(33-36-25-31-39(32-26-36)48(58)59-3)47(57)56(46)34-37-27-29-38(30-28-37)43-23-14-15-24-45(43)50(52-54-55-53-50)49(40-17-8-5-9-18-40,41-19-10-6-11-20-41)42-21-12-7-13-22-42/h5-15,17-32H,4,16,33-34H2,1-3H3. The number of hydrogen-bond donors (Lipinski definition) is 0. The first-order chi connectivity index (χ1) is 28.9. The van der Waals surface area contributed by atoms with E-state index < -0.39 is 17.0 Å². The number of carbonyl (C=O) groups is 1. The minimum Gasteiger partial charge on any atom is -0.465 e. The molecule has 2 heterocycles. The van der Waals surface area contributed by atoms with Crippen LogP contribution in [0.2, 0.25) is 0 Å². The van der Waals surface area contributed by atoms with Crippen molar-refractivity contribution >= 4 is 5.97 Å². The van der Waals surface area contributed by atoms with Gasteiger partial charge in [-0.2, -0.15) is 0 Å². The Labute approximate surface area is 343 Å². The Morgan fingerprint density at radius 2 is 1.20 bits per heavy atom. The second-order valence-electron chi connectivity index (χ2n) is 14.7. The summed E-state index contributed by atoms with van der Waals surface area (Å²) >= 11 is 0. The van der Waals surface area contributed by atoms with Gasteiger partial charge in [-0.15, -0.1) is 10.2 Å². The topological polar surface area (TPSA) is 111 Å². The lowest BCUT2D eigenvalue weighted by Gasteiger charge is -2.45. The Bertz CT molecular complexity index is 2590. The highest BCUT2D eigenvalue weighted by atomic mass is 16.5. The van der Waals surface area contributed by atoms with Crippen LogP contribution in [0.4, 0.5) is 0 Å². The molecule has 0 amide bonds. The summed E-state index contributed by atoms with van der Waals surface area (Å²) < 4.78 is 6.66. The molecule has 59 heavy (non-hydrogen) atoms. The molecule has 0 unspecified atom stereocenters. The van der Waals surface area contributed by atoms with Gasteiger partial charge in [-0.25, -0.2) is 9.78 Å². The van der Waals surface area contributed by atoms with E-state index in [-0.39, 0.29) is 5.56 Å². The summed E-state index contributed by atoms with van der Waals surface area (Å²) in [4.78, 5) is 31.2. The molecule has 1 aliphatic rings. The van der Waals surface area contributed by atoms with E-state index in [0.29, 0.717) is 36.2 Å². The van der Waals surface area contributed by atoms with Crippen LogP contribution >= 0.6 is 0 Å². The van der Waals surface area contributed by atoms with Crippen LogP contribution in [0.15, 0.2) is 189 Å². The number of nitrogens with zero attached hydrogens (tertiary/aromatic N) is 6. The zero-order valence-corrected chi connectivity index (χ0v) is 33.3. The van der Waals surface area contributed by atoms with Crippen molar-refractivity contribution in [1.82, 2.24) is 9.55 Å². The van der Waals surface area contributed by atoms with E-state index in [1.54, 1.807) is 16.7 Å². The largest absolute Gasteiger partial charge is 0.465 e. The third-order valence-corrected chi connectivity index (χ3v) is 11.2. The molecule has 0 saturated carbocycles. The van der Waals surface area contributed by atoms with E-state index in [4.69, 9.17) is 19.9 Å². The van der Waals surface area contributed by atoms with Gasteiger partial charge in [0.2, 0.25) is 5.66 Å². The summed E-state index contributed by atoms with van der Waals surface area (Å²) in [6.45, 7) is 4.35. The van der Waals surface area contributed by atoms with Crippen LogP contribution in [-0.2, 0) is 35.2 Å². The van der Waals surface area contributed by atoms with Gasteiger partial charge in [-0.05, 0) is 74.9 Å². The van der Waals surface area contributed by atoms with Gasteiger partial charge in [0.1, 0.15) is 5.82 Å². The quantitative estimate of drug-likeness (QED) is 0.0857. The van der Waals surface area contributed by atoms with Gasteiger partial charge in [0.05, 0.1) is 24.6 Å². The zero-order valence-electron chi connectivity index (χ0n) is 33.3. The number of carbonyl (C=O) groups excluding carboxylic acids is 1. The van der Waals surface area contributed by atoms with Crippen LogP contribution in [0.5, 0.6) is 0 Å². The van der Waals surface area contributed by atoms with Gasteiger partial charge < -0.3 is 4.74 Å². The molecule has 0 radical (unpaired) electrons. The second-order valence-corrected chi connectivity index (χ2v) is 14.7. The maximum Gasteiger partial charge on any atom is 0.337 e. The van der Waals surface area contributed by atoms with Gasteiger partial charge in [-0.3, -0.25) is 9.36 Å². The molecule has 6 aromatic carbocycles. The number of esters is 1. The fourth-order valence-electron chi connectivity index (χ4n) is 8.45. The van der Waals surface area contributed by atoms with Crippen LogP contribution in [0.3, 0.4) is 0 Å². The van der Waals surface area contributed by atoms with Crippen LogP contribution < -0.4 is 5.56 Å². The highest BCUT2D eigenvalue weighted by molar-refractivity contribution is 5.89. The Morgan fingerprint density at radius 1 is 0.678 bits per heavy atom. The van der Waals surface area contributed by atoms with Crippen molar-refractivity contribution in [3.05, 3.63) is 230 Å². The van der Waals surface area contributed by atoms with E-state index in [0.717, 1.165) is 56.8 Å². The van der Waals surface area contributed by atoms with Gasteiger partial charge >= 0.3 is 5.97 Å². The van der Waals surface area contributed by atoms with Crippen molar-refractivity contribution in [2.45, 2.75) is 50.7 Å². The van der Waals surface area contributed by atoms with Crippen LogP contribution in [-0.4, -0.2) is 22.6 Å². The SMILES string of the molecule is CCCc1nc(C)c(Cc2ccc(C(=O)OC)cc2)c(=O)n1Cc1ccc(-c2ccccc2C2(C(c3ccccc3)(c3ccccc3)c3ccccc3)N=NN=N2)cc1. The average molecular weight is 777 g/mol. The molecular weight excluding hydrogens is 733 g/mol. The van der Waals surface area contributed by atoms with Crippen molar-refractivity contribution in [3.63, 3.8) is 0 Å². The molecule has 0 bridgehead atoms. The van der Waals surface area contributed by atoms with Gasteiger partial charge in [-0.1, -0.05) is 159 Å². The monoisotopic (exact) mass is 776 g/mol. The number of aryl methyl sites for hydroxylation is 2. The summed E-state index contributed by atoms with van der Waals surface area (Å²) in [7, 11) is 1.36. The molecule has 0 N–H and O–H groups in total. The van der Waals surface area contributed by atoms with E-state index in [1.807, 2.05) is 85.8 Å². The highest BCUT2D eigenvalue weighted by Crippen LogP contribution is 2.58. The van der Waals surface area contributed by atoms with E-state index in [2.05, 4.69) is 90.2 Å². The van der Waals surface area contributed by atoms with Crippen LogP contribution in [0, 0.1) is 6.92 Å². The first-order valence-corrected chi connectivity index (χ1v) is 19.9. The Balaban J connectivity index is 1.21. The van der Waals surface area contributed by atoms with E-state index in [9.17, 15) is 9.59 Å². The predicted octanol–water partition coefficient (Wildman–Crippen LogP) is 10.6. The summed E-state index contributed by atoms with van der Waals surface area (Å²) in [6.07, 6.45) is 1.92. The maximum atomic E-state index is 14.3. The maximum absolute atomic E-state index is 14.3. The normalized spacial score (nSPS) is 13.1. The number of rotatable bonds is 13. The number of ether oxygens (including phenoxy) is 1. The highest BCUT2D eigenvalue weighted by Gasteiger charge is 2.60. The third-order valence-electron chi connectivity index (χ3n) is 11.2. The number of benzene rings is 6. The molecule has 1 aromatic heterocycles. The van der Waals surface area contributed by atoms with Crippen molar-refractivity contribution < 1.29 is 9.53 Å². The molecular formula is C50H44N6O3. The van der Waals surface area contributed by atoms with Gasteiger partial charge in [0.25, 0.3) is 5.56 Å². The number of hydrogen-bond acceptors (Lipinski definition) is 8. The average Bonchev–Trinajstić information content (AvgIpc) is 3.79. The molecule has 292 valence electrons. The van der Waals surface area contributed by atoms with Gasteiger partial charge in [0.15, 0.2) is 0 Å². The minimum absolute atomic E-state index is 0.0645. The van der Waals surface area contributed by atoms with Crippen LogP contribution in [0.25, 0.3) is 11.1 Å². The Hall–Kier alpha value is -7.13. The van der Waals surface area contributed by atoms with Crippen molar-refractivity contribution in [1.29, 1.82) is 0 Å². The molecule has 0 saturated heterocycles. The fraction of sp³-hybridized carbons (Fsp3) is 0.180. The molecule has 1 aliphatic heterocycles.